The van der Waals surface area contributed by atoms with Crippen molar-refractivity contribution in [3.8, 4) is 0 Å². The second kappa shape index (κ2) is 5.17. The number of hydrazine groups is 1. The lowest BCUT2D eigenvalue weighted by atomic mass is 10.2. The first-order valence-electron chi connectivity index (χ1n) is 5.37. The second-order valence-corrected chi connectivity index (χ2v) is 3.74. The molecule has 0 bridgehead atoms. The van der Waals surface area contributed by atoms with Gasteiger partial charge in [-0.1, -0.05) is 18.2 Å². The Kier molecular flexibility index (Phi) is 3.42. The molecule has 0 unspecified atom stereocenters. The van der Waals surface area contributed by atoms with Gasteiger partial charge in [0.15, 0.2) is 0 Å². The van der Waals surface area contributed by atoms with Gasteiger partial charge >= 0.3 is 5.69 Å². The van der Waals surface area contributed by atoms with E-state index in [1.165, 1.54) is 10.9 Å². The molecule has 2 rings (SSSR count). The third kappa shape index (κ3) is 2.86. The fourth-order valence-corrected chi connectivity index (χ4v) is 1.48. The van der Waals surface area contributed by atoms with Crippen LogP contribution in [0.1, 0.15) is 10.4 Å². The minimum atomic E-state index is -0.579. The van der Waals surface area contributed by atoms with Crippen molar-refractivity contribution in [3.63, 3.8) is 0 Å². The molecule has 98 valence electrons. The van der Waals surface area contributed by atoms with Gasteiger partial charge in [0.2, 0.25) is 5.82 Å². The zero-order chi connectivity index (χ0) is 13.8. The number of benzene rings is 1. The van der Waals surface area contributed by atoms with Crippen LogP contribution in [0.25, 0.3) is 0 Å². The molecular formula is C11H11N5O3. The SMILES string of the molecule is Cn1cc([N+](=O)[O-])c(NNC(=O)c2ccccc2)n1. The van der Waals surface area contributed by atoms with Crippen LogP contribution in [0.3, 0.4) is 0 Å². The highest BCUT2D eigenvalue weighted by molar-refractivity contribution is 5.94. The monoisotopic (exact) mass is 261 g/mol. The number of amides is 1. The molecule has 8 nitrogen and oxygen atoms in total. The molecule has 1 heterocycles. The number of nitro groups is 1. The number of hydrogen-bond acceptors (Lipinski definition) is 5. The fraction of sp³-hybridized carbons (Fsp3) is 0.0909. The Bertz CT molecular complexity index is 608. The predicted molar refractivity (Wildman–Crippen MR) is 67.4 cm³/mol. The summed E-state index contributed by atoms with van der Waals surface area (Å²) >= 11 is 0. The Hall–Kier alpha value is -2.90. The van der Waals surface area contributed by atoms with Crippen LogP contribution < -0.4 is 10.9 Å². The normalized spacial score (nSPS) is 9.95. The average Bonchev–Trinajstić information content (AvgIpc) is 2.78. The molecule has 0 aliphatic rings. The molecule has 0 spiro atoms. The lowest BCUT2D eigenvalue weighted by molar-refractivity contribution is -0.384. The summed E-state index contributed by atoms with van der Waals surface area (Å²) in [6, 6.07) is 8.48. The standard InChI is InChI=1S/C11H11N5O3/c1-15-7-9(16(18)19)10(14-15)12-13-11(17)8-5-3-2-4-6-8/h2-7H,1H3,(H,12,14)(H,13,17). The quantitative estimate of drug-likeness (QED) is 0.633. The van der Waals surface area contributed by atoms with Crippen molar-refractivity contribution in [3.05, 3.63) is 52.2 Å². The number of aromatic nitrogens is 2. The lowest BCUT2D eigenvalue weighted by Crippen LogP contribution is -2.29. The summed E-state index contributed by atoms with van der Waals surface area (Å²) in [5, 5.41) is 14.6. The number of hydrogen-bond donors (Lipinski definition) is 2. The summed E-state index contributed by atoms with van der Waals surface area (Å²) < 4.78 is 1.29. The van der Waals surface area contributed by atoms with E-state index in [1.54, 1.807) is 37.4 Å². The molecule has 0 aliphatic heterocycles. The highest BCUT2D eigenvalue weighted by Gasteiger charge is 2.18. The Morgan fingerprint density at radius 1 is 1.37 bits per heavy atom. The number of aryl methyl sites for hydroxylation is 1. The largest absolute Gasteiger partial charge is 0.332 e. The molecule has 1 aromatic carbocycles. The van der Waals surface area contributed by atoms with E-state index in [-0.39, 0.29) is 11.5 Å². The minimum absolute atomic E-state index is 0.0169. The fourth-order valence-electron chi connectivity index (χ4n) is 1.48. The molecule has 19 heavy (non-hydrogen) atoms. The first-order chi connectivity index (χ1) is 9.08. The average molecular weight is 261 g/mol. The van der Waals surface area contributed by atoms with E-state index in [0.29, 0.717) is 5.56 Å². The number of carbonyl (C=O) groups is 1. The summed E-state index contributed by atoms with van der Waals surface area (Å²) in [4.78, 5) is 21.9. The van der Waals surface area contributed by atoms with Crippen molar-refractivity contribution >= 4 is 17.4 Å². The van der Waals surface area contributed by atoms with Crippen molar-refractivity contribution in [2.75, 3.05) is 5.43 Å². The Labute approximate surface area is 108 Å². The lowest BCUT2D eigenvalue weighted by Gasteiger charge is -2.05. The van der Waals surface area contributed by atoms with Crippen LogP contribution in [0, 0.1) is 10.1 Å². The van der Waals surface area contributed by atoms with Crippen LogP contribution in [0.5, 0.6) is 0 Å². The maximum Gasteiger partial charge on any atom is 0.332 e. The number of nitrogens with zero attached hydrogens (tertiary/aromatic N) is 3. The van der Waals surface area contributed by atoms with Crippen LogP contribution in [-0.4, -0.2) is 20.6 Å². The van der Waals surface area contributed by atoms with E-state index in [9.17, 15) is 14.9 Å². The molecule has 0 radical (unpaired) electrons. The van der Waals surface area contributed by atoms with Crippen LogP contribution in [0.4, 0.5) is 11.5 Å². The number of carbonyl (C=O) groups excluding carboxylic acids is 1. The second-order valence-electron chi connectivity index (χ2n) is 3.74. The zero-order valence-electron chi connectivity index (χ0n) is 10.0. The van der Waals surface area contributed by atoms with Gasteiger partial charge in [0.1, 0.15) is 6.20 Å². The van der Waals surface area contributed by atoms with Gasteiger partial charge in [-0.3, -0.25) is 30.4 Å². The highest BCUT2D eigenvalue weighted by Crippen LogP contribution is 2.20. The van der Waals surface area contributed by atoms with E-state index in [1.807, 2.05) is 0 Å². The van der Waals surface area contributed by atoms with Crippen LogP contribution in [0.2, 0.25) is 0 Å². The highest BCUT2D eigenvalue weighted by atomic mass is 16.6. The molecule has 0 saturated heterocycles. The number of nitrogens with one attached hydrogen (secondary N) is 2. The minimum Gasteiger partial charge on any atom is -0.274 e. The molecule has 1 aromatic heterocycles. The van der Waals surface area contributed by atoms with Crippen LogP contribution in [0.15, 0.2) is 36.5 Å². The molecular weight excluding hydrogens is 250 g/mol. The Morgan fingerprint density at radius 2 is 2.05 bits per heavy atom. The molecule has 0 atom stereocenters. The van der Waals surface area contributed by atoms with Crippen molar-refractivity contribution in [2.24, 2.45) is 7.05 Å². The van der Waals surface area contributed by atoms with Crippen LogP contribution >= 0.6 is 0 Å². The Balaban J connectivity index is 2.07. The Morgan fingerprint density at radius 3 is 2.68 bits per heavy atom. The smallest absolute Gasteiger partial charge is 0.274 e. The van der Waals surface area contributed by atoms with Gasteiger partial charge in [-0.05, 0) is 12.1 Å². The molecule has 2 aromatic rings. The molecule has 2 N–H and O–H groups in total. The first-order valence-corrected chi connectivity index (χ1v) is 5.37. The maximum atomic E-state index is 11.7. The van der Waals surface area contributed by atoms with Gasteiger partial charge in [-0.2, -0.15) is 0 Å². The van der Waals surface area contributed by atoms with Gasteiger partial charge in [-0.25, -0.2) is 0 Å². The van der Waals surface area contributed by atoms with E-state index in [0.717, 1.165) is 0 Å². The van der Waals surface area contributed by atoms with E-state index in [4.69, 9.17) is 0 Å². The van der Waals surface area contributed by atoms with Crippen molar-refractivity contribution in [1.82, 2.24) is 15.2 Å². The molecule has 0 fully saturated rings. The van der Waals surface area contributed by atoms with Crippen molar-refractivity contribution in [1.29, 1.82) is 0 Å². The summed E-state index contributed by atoms with van der Waals surface area (Å²) in [7, 11) is 1.55. The van der Waals surface area contributed by atoms with E-state index in [2.05, 4.69) is 16.0 Å². The summed E-state index contributed by atoms with van der Waals surface area (Å²) in [6.45, 7) is 0. The number of rotatable bonds is 4. The molecule has 1 amide bonds. The van der Waals surface area contributed by atoms with Crippen molar-refractivity contribution in [2.45, 2.75) is 0 Å². The molecule has 8 heteroatoms. The van der Waals surface area contributed by atoms with Gasteiger partial charge in [0.25, 0.3) is 5.91 Å². The first kappa shape index (κ1) is 12.6. The zero-order valence-corrected chi connectivity index (χ0v) is 10.0. The van der Waals surface area contributed by atoms with Crippen molar-refractivity contribution < 1.29 is 9.72 Å². The van der Waals surface area contributed by atoms with E-state index < -0.39 is 10.8 Å². The maximum absolute atomic E-state index is 11.7. The van der Waals surface area contributed by atoms with E-state index >= 15 is 0 Å². The van der Waals surface area contributed by atoms with Gasteiger partial charge in [0, 0.05) is 12.6 Å². The molecule has 0 aliphatic carbocycles. The summed E-state index contributed by atoms with van der Waals surface area (Å²) in [5.41, 5.74) is 5.02. The molecule has 0 saturated carbocycles. The summed E-state index contributed by atoms with van der Waals surface area (Å²) in [6.07, 6.45) is 1.25. The van der Waals surface area contributed by atoms with Gasteiger partial charge < -0.3 is 0 Å². The topological polar surface area (TPSA) is 102 Å². The van der Waals surface area contributed by atoms with Gasteiger partial charge in [-0.15, -0.1) is 5.10 Å². The third-order valence-electron chi connectivity index (χ3n) is 2.34. The number of anilines is 1. The third-order valence-corrected chi connectivity index (χ3v) is 2.34. The summed E-state index contributed by atoms with van der Waals surface area (Å²) in [5.74, 6) is -0.419. The van der Waals surface area contributed by atoms with Gasteiger partial charge in [0.05, 0.1) is 4.92 Å². The predicted octanol–water partition coefficient (Wildman–Crippen LogP) is 1.09. The van der Waals surface area contributed by atoms with Crippen LogP contribution in [-0.2, 0) is 7.05 Å².